The summed E-state index contributed by atoms with van der Waals surface area (Å²) in [5.74, 6) is 0. The van der Waals surface area contributed by atoms with Crippen LogP contribution in [0.3, 0.4) is 0 Å². The number of allylic oxidation sites excluding steroid dienone is 5. The summed E-state index contributed by atoms with van der Waals surface area (Å²) in [4.78, 5) is 18.1. The minimum Gasteiger partial charge on any atom is -0.354 e. The number of halogens is 2. The molecule has 278 valence electrons. The summed E-state index contributed by atoms with van der Waals surface area (Å²) in [5.41, 5.74) is 21.7. The fourth-order valence-corrected chi connectivity index (χ4v) is 10.4. The van der Waals surface area contributed by atoms with Crippen molar-refractivity contribution in [3.05, 3.63) is 169 Å². The Kier molecular flexibility index (Phi) is 8.16. The Balaban J connectivity index is 1.22. The molecule has 6 aromatic rings. The topological polar surface area (TPSA) is 57.4 Å². The molecule has 2 aliphatic carbocycles. The molecule has 57 heavy (non-hydrogen) atoms. The largest absolute Gasteiger partial charge is 0.354 e. The molecule has 8 bridgehead atoms. The minimum absolute atomic E-state index is 0.126. The third-order valence-corrected chi connectivity index (χ3v) is 14.0. The number of aromatic amines is 2. The molecule has 0 spiro atoms. The first-order valence-corrected chi connectivity index (χ1v) is 21.0. The molecule has 3 aromatic carbocycles. The molecule has 0 saturated carbocycles. The van der Waals surface area contributed by atoms with Crippen LogP contribution < -0.4 is 0 Å². The van der Waals surface area contributed by atoms with Crippen molar-refractivity contribution in [2.75, 3.05) is 0 Å². The lowest BCUT2D eigenvalue weighted by atomic mass is 9.81. The highest BCUT2D eigenvalue weighted by molar-refractivity contribution is 9.11. The molecule has 0 atom stereocenters. The maximum atomic E-state index is 5.30. The zero-order valence-electron chi connectivity index (χ0n) is 32.5. The second-order valence-corrected chi connectivity index (χ2v) is 17.8. The van der Waals surface area contributed by atoms with Crippen molar-refractivity contribution in [3.8, 4) is 33.4 Å². The third kappa shape index (κ3) is 5.37. The number of fused-ring (bicyclic) bond motifs is 12. The van der Waals surface area contributed by atoms with E-state index >= 15 is 0 Å². The normalized spacial score (nSPS) is 17.0. The van der Waals surface area contributed by atoms with Gasteiger partial charge in [-0.1, -0.05) is 101 Å². The summed E-state index contributed by atoms with van der Waals surface area (Å²) in [6.45, 7) is 15.4. The van der Waals surface area contributed by atoms with Gasteiger partial charge in [0, 0.05) is 33.0 Å². The maximum Gasteiger partial charge on any atom is 0.0801 e. The quantitative estimate of drug-likeness (QED) is 0.186. The second kappa shape index (κ2) is 13.0. The zero-order chi connectivity index (χ0) is 39.4. The maximum absolute atomic E-state index is 5.30. The molecule has 2 aliphatic heterocycles. The number of nitrogens with one attached hydrogen (secondary N) is 2. The van der Waals surface area contributed by atoms with E-state index in [0.717, 1.165) is 76.0 Å². The SMILES string of the molecule is C=C/C=C1\C(=C/C)C(C)(C)c2cc(-c3c4nc(c(Br)c5ccc([nH]5)c(-c5ccc6c(c5)C(C)(C)c5ccccc5-6)c5nc(c(Br)c6ccc3[nH]6)C=C5)C=C4)ccc21. The Morgan fingerprint density at radius 1 is 0.561 bits per heavy atom. The van der Waals surface area contributed by atoms with E-state index in [2.05, 4.69) is 204 Å². The van der Waals surface area contributed by atoms with Gasteiger partial charge in [0.1, 0.15) is 0 Å². The molecule has 0 saturated heterocycles. The summed E-state index contributed by atoms with van der Waals surface area (Å²) >= 11 is 7.94. The van der Waals surface area contributed by atoms with E-state index < -0.39 is 0 Å². The van der Waals surface area contributed by atoms with Crippen molar-refractivity contribution in [2.45, 2.75) is 45.4 Å². The summed E-state index contributed by atoms with van der Waals surface area (Å²) in [5, 5.41) is 0. The number of nitrogens with zero attached hydrogens (tertiary/aromatic N) is 2. The molecular formula is C51H40Br2N4. The van der Waals surface area contributed by atoms with Crippen LogP contribution in [0.25, 0.3) is 85.3 Å². The molecular weight excluding hydrogens is 828 g/mol. The van der Waals surface area contributed by atoms with Crippen LogP contribution in [0.4, 0.5) is 0 Å². The standard InChI is InChI=1S/C51H40Br2N4/c1-7-11-30-32-16-14-28(26-36(32)50(3,4)34(30)8-2)46-38-18-22-42(54-38)48(52)44-24-20-40(56-44)47(41-21-25-45(57-41)49(53)43-23-19-39(46)55-43)29-15-17-33-31-12-9-10-13-35(31)51(5,6)37(33)27-29/h7-27,54,57H,1H2,2-6H3/b30-11-,34-8+,46-38?,46-39?,47-40?,47-41?,48-42?,48-44?,49-43?,49-45?. The number of rotatable bonds is 3. The molecule has 0 amide bonds. The van der Waals surface area contributed by atoms with Gasteiger partial charge in [-0.05, 0) is 155 Å². The summed E-state index contributed by atoms with van der Waals surface area (Å²) in [7, 11) is 0. The average Bonchev–Trinajstić information content (AvgIpc) is 4.08. The van der Waals surface area contributed by atoms with E-state index in [1.165, 1.54) is 44.5 Å². The highest BCUT2D eigenvalue weighted by Gasteiger charge is 2.38. The monoisotopic (exact) mass is 866 g/mol. The Labute approximate surface area is 349 Å². The van der Waals surface area contributed by atoms with E-state index in [1.54, 1.807) is 0 Å². The molecule has 10 rings (SSSR count). The smallest absolute Gasteiger partial charge is 0.0801 e. The van der Waals surface area contributed by atoms with Gasteiger partial charge in [-0.25, -0.2) is 9.97 Å². The van der Waals surface area contributed by atoms with Crippen LogP contribution in [0.1, 0.15) is 79.6 Å². The molecule has 2 N–H and O–H groups in total. The van der Waals surface area contributed by atoms with Crippen molar-refractivity contribution in [1.82, 2.24) is 19.9 Å². The lowest BCUT2D eigenvalue weighted by Crippen LogP contribution is -2.15. The van der Waals surface area contributed by atoms with Gasteiger partial charge in [-0.2, -0.15) is 0 Å². The van der Waals surface area contributed by atoms with Gasteiger partial charge in [-0.15, -0.1) is 0 Å². The lowest BCUT2D eigenvalue weighted by molar-refractivity contribution is 0.660. The molecule has 4 aliphatic rings. The van der Waals surface area contributed by atoms with Crippen molar-refractivity contribution in [3.63, 3.8) is 0 Å². The predicted molar refractivity (Wildman–Crippen MR) is 248 cm³/mol. The van der Waals surface area contributed by atoms with Gasteiger partial charge in [0.15, 0.2) is 0 Å². The second-order valence-electron chi connectivity index (χ2n) is 16.2. The Hall–Kier alpha value is -5.56. The van der Waals surface area contributed by atoms with Gasteiger partial charge in [0.25, 0.3) is 0 Å². The number of aromatic nitrogens is 4. The van der Waals surface area contributed by atoms with E-state index in [4.69, 9.17) is 9.97 Å². The zero-order valence-corrected chi connectivity index (χ0v) is 35.7. The van der Waals surface area contributed by atoms with E-state index in [9.17, 15) is 0 Å². The van der Waals surface area contributed by atoms with Crippen molar-refractivity contribution in [1.29, 1.82) is 0 Å². The van der Waals surface area contributed by atoms with Crippen LogP contribution in [0.15, 0.2) is 124 Å². The molecule has 3 aromatic heterocycles. The molecule has 5 heterocycles. The lowest BCUT2D eigenvalue weighted by Gasteiger charge is -2.22. The Morgan fingerprint density at radius 3 is 1.61 bits per heavy atom. The Morgan fingerprint density at radius 2 is 1.05 bits per heavy atom. The average molecular weight is 869 g/mol. The highest BCUT2D eigenvalue weighted by Crippen LogP contribution is 2.52. The first kappa shape index (κ1) is 35.8. The third-order valence-electron chi connectivity index (χ3n) is 12.3. The summed E-state index contributed by atoms with van der Waals surface area (Å²) in [6, 6.07) is 31.1. The molecule has 0 unspecified atom stereocenters. The van der Waals surface area contributed by atoms with E-state index in [0.29, 0.717) is 0 Å². The van der Waals surface area contributed by atoms with Gasteiger partial charge in [0.2, 0.25) is 0 Å². The first-order chi connectivity index (χ1) is 27.5. The molecule has 0 radical (unpaired) electrons. The van der Waals surface area contributed by atoms with Gasteiger partial charge < -0.3 is 9.97 Å². The first-order valence-electron chi connectivity index (χ1n) is 19.4. The summed E-state index contributed by atoms with van der Waals surface area (Å²) in [6.07, 6.45) is 14.7. The fraction of sp³-hybridized carbons (Fsp3) is 0.137. The number of hydrogen-bond acceptors (Lipinski definition) is 2. The van der Waals surface area contributed by atoms with E-state index in [1.807, 2.05) is 6.08 Å². The van der Waals surface area contributed by atoms with Crippen molar-refractivity contribution in [2.24, 2.45) is 0 Å². The van der Waals surface area contributed by atoms with Crippen LogP contribution in [0.5, 0.6) is 0 Å². The predicted octanol–water partition coefficient (Wildman–Crippen LogP) is 14.6. The number of benzene rings is 3. The van der Waals surface area contributed by atoms with Crippen LogP contribution in [-0.4, -0.2) is 19.9 Å². The number of H-pyrrole nitrogens is 2. The highest BCUT2D eigenvalue weighted by atomic mass is 79.9. The summed E-state index contributed by atoms with van der Waals surface area (Å²) < 4.78 is 1.78. The van der Waals surface area contributed by atoms with Crippen LogP contribution in [0.2, 0.25) is 0 Å². The van der Waals surface area contributed by atoms with Gasteiger partial charge >= 0.3 is 0 Å². The molecule has 6 heteroatoms. The van der Waals surface area contributed by atoms with Gasteiger partial charge in [-0.3, -0.25) is 0 Å². The van der Waals surface area contributed by atoms with Crippen LogP contribution in [-0.2, 0) is 10.8 Å². The Bertz CT molecular complexity index is 3070. The van der Waals surface area contributed by atoms with Crippen molar-refractivity contribution >= 4 is 83.8 Å². The molecule has 4 nitrogen and oxygen atoms in total. The number of hydrogen-bond donors (Lipinski definition) is 2. The minimum atomic E-state index is -0.170. The fourth-order valence-electron chi connectivity index (χ4n) is 9.50. The van der Waals surface area contributed by atoms with Crippen LogP contribution >= 0.6 is 31.9 Å². The molecule has 0 fully saturated rings. The van der Waals surface area contributed by atoms with Crippen molar-refractivity contribution < 1.29 is 0 Å². The van der Waals surface area contributed by atoms with Gasteiger partial charge in [0.05, 0.1) is 42.8 Å². The van der Waals surface area contributed by atoms with E-state index in [-0.39, 0.29) is 10.8 Å². The van der Waals surface area contributed by atoms with Crippen LogP contribution in [0, 0.1) is 0 Å².